The minimum atomic E-state index is 0.609. The largest absolute Gasteiger partial charge is 0.252 e. The summed E-state index contributed by atoms with van der Waals surface area (Å²) in [6.07, 6.45) is 3.33. The molecule has 5 heteroatoms. The molecule has 2 heterocycles. The second-order valence-electron chi connectivity index (χ2n) is 2.80. The van der Waals surface area contributed by atoms with Crippen LogP contribution in [-0.4, -0.2) is 24.4 Å². The Morgan fingerprint density at radius 3 is 3.00 bits per heavy atom. The summed E-state index contributed by atoms with van der Waals surface area (Å²) in [5.74, 6) is 0.609. The maximum Gasteiger partial charge on any atom is 0.252 e. The van der Waals surface area contributed by atoms with Crippen molar-refractivity contribution in [2.45, 2.75) is 13.8 Å². The molecule has 13 heavy (non-hydrogen) atoms. The summed E-state index contributed by atoms with van der Waals surface area (Å²) in [5, 5.41) is 3.99. The van der Waals surface area contributed by atoms with Gasteiger partial charge in [-0.15, -0.1) is 0 Å². The van der Waals surface area contributed by atoms with E-state index >= 15 is 0 Å². The van der Waals surface area contributed by atoms with Gasteiger partial charge in [0.1, 0.15) is 6.33 Å². The quantitative estimate of drug-likeness (QED) is 0.502. The van der Waals surface area contributed by atoms with Crippen molar-refractivity contribution in [2.75, 3.05) is 0 Å². The van der Waals surface area contributed by atoms with Gasteiger partial charge in [0.05, 0.1) is 5.69 Å². The molecule has 0 aromatic carbocycles. The molecule has 0 aliphatic carbocycles. The molecule has 2 aromatic heterocycles. The molecule has 0 unspecified atom stereocenters. The summed E-state index contributed by atoms with van der Waals surface area (Å²) in [5.41, 5.74) is 1.85. The van der Waals surface area contributed by atoms with Crippen LogP contribution < -0.4 is 0 Å². The van der Waals surface area contributed by atoms with Gasteiger partial charge in [-0.05, 0) is 13.8 Å². The van der Waals surface area contributed by atoms with Crippen LogP contribution in [0.2, 0.25) is 0 Å². The molecule has 2 aromatic rings. The van der Waals surface area contributed by atoms with Crippen LogP contribution in [0.4, 0.5) is 0 Å². The van der Waals surface area contributed by atoms with E-state index in [0.717, 1.165) is 16.1 Å². The number of aromatic nitrogens is 4. The van der Waals surface area contributed by atoms with E-state index in [1.807, 2.05) is 20.0 Å². The van der Waals surface area contributed by atoms with Crippen LogP contribution in [0, 0.1) is 6.92 Å². The third-order valence-electron chi connectivity index (χ3n) is 1.84. The molecule has 0 radical (unpaired) electrons. The molecule has 2 rings (SSSR count). The second kappa shape index (κ2) is 2.85. The van der Waals surface area contributed by atoms with E-state index in [0.29, 0.717) is 5.78 Å². The highest BCUT2D eigenvalue weighted by Gasteiger charge is 2.05. The number of fused-ring (bicyclic) bond motifs is 1. The topological polar surface area (TPSA) is 43.1 Å². The minimum Gasteiger partial charge on any atom is -0.216 e. The van der Waals surface area contributed by atoms with Gasteiger partial charge in [-0.25, -0.2) is 9.50 Å². The van der Waals surface area contributed by atoms with Crippen molar-refractivity contribution in [1.29, 1.82) is 0 Å². The molecule has 0 N–H and O–H groups in total. The molecule has 66 valence electrons. The van der Waals surface area contributed by atoms with Crippen LogP contribution in [-0.2, 0) is 0 Å². The predicted molar refractivity (Wildman–Crippen MR) is 52.9 cm³/mol. The Labute approximate surface area is 80.6 Å². The molecular formula is C8H8N4S. The Bertz CT molecular complexity index is 474. The molecular weight excluding hydrogens is 184 g/mol. The first kappa shape index (κ1) is 8.25. The maximum atomic E-state index is 5.08. The number of thiocarbonyl (C=S) groups is 1. The first-order valence-corrected chi connectivity index (χ1v) is 4.27. The Kier molecular flexibility index (Phi) is 1.81. The SMILES string of the molecule is CC(=S)c1cn2ncnc2nc1C. The minimum absolute atomic E-state index is 0.609. The zero-order valence-electron chi connectivity index (χ0n) is 7.35. The molecule has 0 saturated heterocycles. The highest BCUT2D eigenvalue weighted by molar-refractivity contribution is 7.80. The van der Waals surface area contributed by atoms with Gasteiger partial charge in [-0.1, -0.05) is 12.2 Å². The number of hydrogen-bond acceptors (Lipinski definition) is 4. The third-order valence-corrected chi connectivity index (χ3v) is 2.06. The smallest absolute Gasteiger partial charge is 0.216 e. The number of nitrogens with zero attached hydrogens (tertiary/aromatic N) is 4. The maximum absolute atomic E-state index is 5.08. The van der Waals surface area contributed by atoms with Crippen molar-refractivity contribution >= 4 is 22.9 Å². The molecule has 0 spiro atoms. The normalized spacial score (nSPS) is 10.6. The van der Waals surface area contributed by atoms with Gasteiger partial charge in [0, 0.05) is 16.6 Å². The molecule has 0 bridgehead atoms. The van der Waals surface area contributed by atoms with Crippen molar-refractivity contribution in [3.05, 3.63) is 23.8 Å². The van der Waals surface area contributed by atoms with Crippen molar-refractivity contribution < 1.29 is 0 Å². The molecule has 0 fully saturated rings. The Morgan fingerprint density at radius 2 is 2.31 bits per heavy atom. The molecule has 0 saturated carbocycles. The molecule has 4 nitrogen and oxygen atoms in total. The Balaban J connectivity index is 2.76. The molecule has 0 amide bonds. The lowest BCUT2D eigenvalue weighted by atomic mass is 10.2. The summed E-state index contributed by atoms with van der Waals surface area (Å²) in [6, 6.07) is 0. The van der Waals surface area contributed by atoms with Gasteiger partial charge in [0.25, 0.3) is 5.78 Å². The van der Waals surface area contributed by atoms with Gasteiger partial charge in [-0.3, -0.25) is 0 Å². The summed E-state index contributed by atoms with van der Waals surface area (Å²) in [7, 11) is 0. The average molecular weight is 192 g/mol. The highest BCUT2D eigenvalue weighted by atomic mass is 32.1. The van der Waals surface area contributed by atoms with Crippen molar-refractivity contribution in [3.63, 3.8) is 0 Å². The van der Waals surface area contributed by atoms with Gasteiger partial charge < -0.3 is 0 Å². The van der Waals surface area contributed by atoms with Crippen molar-refractivity contribution in [2.24, 2.45) is 0 Å². The fraction of sp³-hybridized carbons (Fsp3) is 0.250. The molecule has 0 aliphatic rings. The summed E-state index contributed by atoms with van der Waals surface area (Å²) in [4.78, 5) is 9.06. The fourth-order valence-electron chi connectivity index (χ4n) is 1.19. The van der Waals surface area contributed by atoms with Crippen molar-refractivity contribution in [3.8, 4) is 0 Å². The van der Waals surface area contributed by atoms with E-state index in [1.165, 1.54) is 6.33 Å². The van der Waals surface area contributed by atoms with Gasteiger partial charge >= 0.3 is 0 Å². The summed E-state index contributed by atoms with van der Waals surface area (Å²) < 4.78 is 1.62. The second-order valence-corrected chi connectivity index (χ2v) is 3.41. The van der Waals surface area contributed by atoms with E-state index in [9.17, 15) is 0 Å². The van der Waals surface area contributed by atoms with Crippen LogP contribution in [0.25, 0.3) is 5.78 Å². The van der Waals surface area contributed by atoms with E-state index < -0.39 is 0 Å². The average Bonchev–Trinajstić information content (AvgIpc) is 2.48. The number of hydrogen-bond donors (Lipinski definition) is 0. The van der Waals surface area contributed by atoms with Crippen LogP contribution in [0.3, 0.4) is 0 Å². The van der Waals surface area contributed by atoms with Gasteiger partial charge in [0.15, 0.2) is 0 Å². The lowest BCUT2D eigenvalue weighted by Crippen LogP contribution is -2.02. The zero-order valence-corrected chi connectivity index (χ0v) is 8.17. The monoisotopic (exact) mass is 192 g/mol. The fourth-order valence-corrected chi connectivity index (χ4v) is 1.39. The first-order chi connectivity index (χ1) is 6.18. The lowest BCUT2D eigenvalue weighted by molar-refractivity contribution is 0.925. The van der Waals surface area contributed by atoms with Crippen molar-refractivity contribution in [1.82, 2.24) is 19.6 Å². The Morgan fingerprint density at radius 1 is 1.54 bits per heavy atom. The van der Waals surface area contributed by atoms with Crippen LogP contribution >= 0.6 is 12.2 Å². The van der Waals surface area contributed by atoms with Crippen LogP contribution in [0.1, 0.15) is 18.2 Å². The predicted octanol–water partition coefficient (Wildman–Crippen LogP) is 1.17. The molecule has 0 atom stereocenters. The number of rotatable bonds is 1. The molecule has 0 aliphatic heterocycles. The highest BCUT2D eigenvalue weighted by Crippen LogP contribution is 2.07. The van der Waals surface area contributed by atoms with Gasteiger partial charge in [-0.2, -0.15) is 10.1 Å². The lowest BCUT2D eigenvalue weighted by Gasteiger charge is -2.01. The third kappa shape index (κ3) is 1.31. The van der Waals surface area contributed by atoms with Crippen LogP contribution in [0.5, 0.6) is 0 Å². The first-order valence-electron chi connectivity index (χ1n) is 3.86. The Hall–Kier alpha value is -1.36. The summed E-state index contributed by atoms with van der Waals surface area (Å²) in [6.45, 7) is 3.79. The van der Waals surface area contributed by atoms with E-state index in [4.69, 9.17) is 12.2 Å². The van der Waals surface area contributed by atoms with E-state index in [2.05, 4.69) is 15.1 Å². The number of aryl methyl sites for hydroxylation is 1. The van der Waals surface area contributed by atoms with E-state index in [1.54, 1.807) is 4.52 Å². The standard InChI is InChI=1S/C8H8N4S/c1-5-7(6(2)13)3-12-8(11-5)9-4-10-12/h3-4H,1-2H3. The van der Waals surface area contributed by atoms with Gasteiger partial charge in [0.2, 0.25) is 0 Å². The zero-order chi connectivity index (χ0) is 9.42. The summed E-state index contributed by atoms with van der Waals surface area (Å²) >= 11 is 5.08. The van der Waals surface area contributed by atoms with Crippen LogP contribution in [0.15, 0.2) is 12.5 Å². The van der Waals surface area contributed by atoms with E-state index in [-0.39, 0.29) is 0 Å².